The fourth-order valence-corrected chi connectivity index (χ4v) is 2.74. The molecule has 0 saturated carbocycles. The predicted octanol–water partition coefficient (Wildman–Crippen LogP) is 0.544. The molecule has 2 N–H and O–H groups in total. The Morgan fingerprint density at radius 2 is 1.73 bits per heavy atom. The van der Waals surface area contributed by atoms with Crippen molar-refractivity contribution >= 4 is 11.9 Å². The van der Waals surface area contributed by atoms with Crippen LogP contribution in [0.1, 0.15) is 46.5 Å². The number of hydrogen-bond acceptors (Lipinski definition) is 4. The molecule has 0 saturated heterocycles. The van der Waals surface area contributed by atoms with Crippen molar-refractivity contribution in [2.45, 2.75) is 58.5 Å². The van der Waals surface area contributed by atoms with Gasteiger partial charge in [0, 0.05) is 6.42 Å². The lowest BCUT2D eigenvalue weighted by atomic mass is 10.1. The van der Waals surface area contributed by atoms with E-state index in [9.17, 15) is 24.9 Å². The van der Waals surface area contributed by atoms with Gasteiger partial charge in [-0.15, -0.1) is 0 Å². The number of rotatable bonds is 12. The minimum absolute atomic E-state index is 0.0846. The Morgan fingerprint density at radius 1 is 1.14 bits per heavy atom. The van der Waals surface area contributed by atoms with Gasteiger partial charge in [-0.1, -0.05) is 25.5 Å². The number of aliphatic hydroxyl groups is 1. The van der Waals surface area contributed by atoms with Crippen molar-refractivity contribution in [2.75, 3.05) is 19.7 Å². The van der Waals surface area contributed by atoms with Crippen LogP contribution in [0.5, 0.6) is 0 Å². The van der Waals surface area contributed by atoms with Crippen LogP contribution in [0.4, 0.5) is 0 Å². The SMILES string of the molecule is CCC/C=C/CCC[N+](CCO)(C(C)C(=O)[O-])C(C)C(=O)O. The lowest BCUT2D eigenvalue weighted by Gasteiger charge is -2.46. The van der Waals surface area contributed by atoms with E-state index in [0.29, 0.717) is 13.0 Å². The molecular formula is C16H29NO5. The minimum Gasteiger partial charge on any atom is -0.544 e. The van der Waals surface area contributed by atoms with Crippen molar-refractivity contribution in [2.24, 2.45) is 0 Å². The lowest BCUT2D eigenvalue weighted by Crippen LogP contribution is -2.67. The Labute approximate surface area is 132 Å². The van der Waals surface area contributed by atoms with Gasteiger partial charge >= 0.3 is 5.97 Å². The normalized spacial score (nSPS) is 17.1. The van der Waals surface area contributed by atoms with Crippen LogP contribution < -0.4 is 5.11 Å². The van der Waals surface area contributed by atoms with Gasteiger partial charge < -0.3 is 24.6 Å². The van der Waals surface area contributed by atoms with Gasteiger partial charge in [0.05, 0.1) is 19.1 Å². The summed E-state index contributed by atoms with van der Waals surface area (Å²) in [5.41, 5.74) is 0. The van der Waals surface area contributed by atoms with Crippen molar-refractivity contribution in [3.05, 3.63) is 12.2 Å². The Balaban J connectivity index is 5.11. The largest absolute Gasteiger partial charge is 0.544 e. The van der Waals surface area contributed by atoms with E-state index in [2.05, 4.69) is 13.0 Å². The number of unbranched alkanes of at least 4 members (excludes halogenated alkanes) is 2. The molecule has 0 aliphatic carbocycles. The van der Waals surface area contributed by atoms with E-state index in [-0.39, 0.29) is 17.6 Å². The van der Waals surface area contributed by atoms with E-state index < -0.39 is 24.0 Å². The van der Waals surface area contributed by atoms with Gasteiger partial charge in [-0.2, -0.15) is 0 Å². The van der Waals surface area contributed by atoms with Gasteiger partial charge in [-0.05, 0) is 26.7 Å². The number of nitrogens with zero attached hydrogens (tertiary/aromatic N) is 1. The number of allylic oxidation sites excluding steroid dienone is 2. The molecule has 3 unspecified atom stereocenters. The summed E-state index contributed by atoms with van der Waals surface area (Å²) in [5.74, 6) is -2.36. The molecule has 0 fully saturated rings. The second-order valence-electron chi connectivity index (χ2n) is 5.69. The van der Waals surface area contributed by atoms with Crippen LogP contribution in [0.15, 0.2) is 12.2 Å². The fourth-order valence-electron chi connectivity index (χ4n) is 2.74. The summed E-state index contributed by atoms with van der Waals surface area (Å²) < 4.78 is -0.199. The number of carboxylic acids is 2. The average molecular weight is 315 g/mol. The van der Waals surface area contributed by atoms with Gasteiger partial charge in [0.1, 0.15) is 12.6 Å². The highest BCUT2D eigenvalue weighted by molar-refractivity contribution is 5.73. The molecular weight excluding hydrogens is 286 g/mol. The van der Waals surface area contributed by atoms with Crippen molar-refractivity contribution in [1.29, 1.82) is 0 Å². The van der Waals surface area contributed by atoms with Crippen molar-refractivity contribution < 1.29 is 29.4 Å². The zero-order valence-corrected chi connectivity index (χ0v) is 13.8. The van der Waals surface area contributed by atoms with Crippen LogP contribution in [0.25, 0.3) is 0 Å². The molecule has 0 amide bonds. The van der Waals surface area contributed by atoms with Crippen LogP contribution in [-0.4, -0.2) is 58.4 Å². The lowest BCUT2D eigenvalue weighted by molar-refractivity contribution is -0.956. The van der Waals surface area contributed by atoms with Gasteiger partial charge in [0.2, 0.25) is 0 Å². The molecule has 0 aliphatic rings. The predicted molar refractivity (Wildman–Crippen MR) is 81.9 cm³/mol. The molecule has 6 heteroatoms. The molecule has 3 atom stereocenters. The van der Waals surface area contributed by atoms with Crippen LogP contribution in [-0.2, 0) is 9.59 Å². The summed E-state index contributed by atoms with van der Waals surface area (Å²) in [4.78, 5) is 22.7. The Morgan fingerprint density at radius 3 is 2.18 bits per heavy atom. The summed E-state index contributed by atoms with van der Waals surface area (Å²) in [7, 11) is 0. The van der Waals surface area contributed by atoms with E-state index in [1.165, 1.54) is 13.8 Å². The maximum absolute atomic E-state index is 11.4. The quantitative estimate of drug-likeness (QED) is 0.311. The molecule has 6 nitrogen and oxygen atoms in total. The third-order valence-corrected chi connectivity index (χ3v) is 4.32. The van der Waals surface area contributed by atoms with E-state index in [0.717, 1.165) is 19.3 Å². The van der Waals surface area contributed by atoms with Crippen LogP contribution in [0.3, 0.4) is 0 Å². The minimum atomic E-state index is -1.29. The van der Waals surface area contributed by atoms with Crippen molar-refractivity contribution in [3.8, 4) is 0 Å². The highest BCUT2D eigenvalue weighted by atomic mass is 16.4. The van der Waals surface area contributed by atoms with Gasteiger partial charge in [0.15, 0.2) is 6.04 Å². The zero-order chi connectivity index (χ0) is 17.2. The average Bonchev–Trinajstić information content (AvgIpc) is 2.47. The molecule has 0 aliphatic heterocycles. The first-order chi connectivity index (χ1) is 10.3. The smallest absolute Gasteiger partial charge is 0.362 e. The maximum Gasteiger partial charge on any atom is 0.362 e. The summed E-state index contributed by atoms with van der Waals surface area (Å²) in [6.07, 6.45) is 7.60. The molecule has 0 aromatic rings. The Kier molecular flexibility index (Phi) is 9.69. The van der Waals surface area contributed by atoms with Crippen LogP contribution >= 0.6 is 0 Å². The molecule has 0 rings (SSSR count). The monoisotopic (exact) mass is 315 g/mol. The molecule has 0 aromatic carbocycles. The third-order valence-electron chi connectivity index (χ3n) is 4.32. The molecule has 0 bridgehead atoms. The molecule has 0 heterocycles. The summed E-state index contributed by atoms with van der Waals surface area (Å²) in [6.45, 7) is 5.23. The molecule has 128 valence electrons. The number of carboxylic acid groups (broad SMARTS) is 2. The molecule has 22 heavy (non-hydrogen) atoms. The number of carbonyl (C=O) groups excluding carboxylic acids is 1. The van der Waals surface area contributed by atoms with Gasteiger partial charge in [-0.25, -0.2) is 4.79 Å². The van der Waals surface area contributed by atoms with Crippen molar-refractivity contribution in [1.82, 2.24) is 0 Å². The highest BCUT2D eigenvalue weighted by Gasteiger charge is 2.43. The third kappa shape index (κ3) is 5.77. The number of aliphatic hydroxyl groups excluding tert-OH is 1. The second kappa shape index (κ2) is 10.3. The molecule has 0 spiro atoms. The summed E-state index contributed by atoms with van der Waals surface area (Å²) >= 11 is 0. The number of hydrogen-bond donors (Lipinski definition) is 2. The summed E-state index contributed by atoms with van der Waals surface area (Å²) in [5, 5.41) is 29.9. The highest BCUT2D eigenvalue weighted by Crippen LogP contribution is 2.21. The molecule has 0 aromatic heterocycles. The van der Waals surface area contributed by atoms with E-state index in [1.807, 2.05) is 6.08 Å². The van der Waals surface area contributed by atoms with Crippen molar-refractivity contribution in [3.63, 3.8) is 0 Å². The zero-order valence-electron chi connectivity index (χ0n) is 13.8. The van der Waals surface area contributed by atoms with E-state index in [1.54, 1.807) is 0 Å². The van der Waals surface area contributed by atoms with Crippen LogP contribution in [0.2, 0.25) is 0 Å². The first kappa shape index (κ1) is 20.6. The Bertz CT molecular complexity index is 361. The van der Waals surface area contributed by atoms with E-state index in [4.69, 9.17) is 0 Å². The maximum atomic E-state index is 11.4. The van der Waals surface area contributed by atoms with E-state index >= 15 is 0 Å². The molecule has 0 radical (unpaired) electrons. The Hall–Kier alpha value is -1.40. The number of aliphatic carboxylic acids is 2. The number of quaternary nitrogens is 1. The first-order valence-electron chi connectivity index (χ1n) is 7.89. The van der Waals surface area contributed by atoms with Crippen LogP contribution in [0, 0.1) is 0 Å². The summed E-state index contributed by atoms with van der Waals surface area (Å²) in [6, 6.07) is -1.91. The second-order valence-corrected chi connectivity index (χ2v) is 5.69. The standard InChI is InChI=1S/C16H29NO5/c1-4-5-6-7-8-9-10-17(11-12-18,13(2)15(19)20)14(3)16(21)22/h6-7,13-14,18H,4-5,8-12H2,1-3H3,(H-,19,20,21,22)/b7-6+. The fraction of sp³-hybridized carbons (Fsp3) is 0.750. The topological polar surface area (TPSA) is 97.7 Å². The first-order valence-corrected chi connectivity index (χ1v) is 7.89. The number of carbonyl (C=O) groups is 2. The van der Waals surface area contributed by atoms with Gasteiger partial charge in [0.25, 0.3) is 0 Å². The van der Waals surface area contributed by atoms with Gasteiger partial charge in [-0.3, -0.25) is 0 Å².